The highest BCUT2D eigenvalue weighted by atomic mass is 32.1. The third kappa shape index (κ3) is 3.84. The van der Waals surface area contributed by atoms with E-state index in [1.807, 2.05) is 19.1 Å². The smallest absolute Gasteiger partial charge is 0.107 e. The largest absolute Gasteiger partial charge is 0.399 e. The predicted molar refractivity (Wildman–Crippen MR) is 73.1 cm³/mol. The summed E-state index contributed by atoms with van der Waals surface area (Å²) in [5.74, 6) is 0. The maximum absolute atomic E-state index is 5.64. The van der Waals surface area contributed by atoms with Gasteiger partial charge >= 0.3 is 0 Å². The molecule has 3 N–H and O–H groups in total. The van der Waals surface area contributed by atoms with Crippen molar-refractivity contribution in [1.29, 1.82) is 0 Å². The van der Waals surface area contributed by atoms with Gasteiger partial charge in [-0.25, -0.2) is 4.98 Å². The van der Waals surface area contributed by atoms with Crippen molar-refractivity contribution in [1.82, 2.24) is 10.3 Å². The molecule has 1 aromatic heterocycles. The van der Waals surface area contributed by atoms with Crippen molar-refractivity contribution < 1.29 is 0 Å². The van der Waals surface area contributed by atoms with Gasteiger partial charge in [0.05, 0.1) is 0 Å². The van der Waals surface area contributed by atoms with Crippen LogP contribution in [-0.4, -0.2) is 11.5 Å². The molecule has 0 fully saturated rings. The summed E-state index contributed by atoms with van der Waals surface area (Å²) in [5, 5.41) is 6.63. The number of hydrogen-bond acceptors (Lipinski definition) is 4. The predicted octanol–water partition coefficient (Wildman–Crippen LogP) is 2.37. The number of benzene rings is 1. The molecule has 17 heavy (non-hydrogen) atoms. The summed E-state index contributed by atoms with van der Waals surface area (Å²) >= 11 is 1.71. The topological polar surface area (TPSA) is 50.9 Å². The van der Waals surface area contributed by atoms with Gasteiger partial charge in [0.2, 0.25) is 0 Å². The Labute approximate surface area is 106 Å². The number of aryl methyl sites for hydroxylation is 1. The highest BCUT2D eigenvalue weighted by Crippen LogP contribution is 2.08. The standard InChI is InChI=1S/C13H17N3S/c1-10-9-17-13(16-10)8-15-7-6-11-2-4-12(14)5-3-11/h2-5,9,15H,6-8,14H2,1H3. The van der Waals surface area contributed by atoms with Crippen molar-refractivity contribution in [3.8, 4) is 0 Å². The fourth-order valence-corrected chi connectivity index (χ4v) is 2.34. The second kappa shape index (κ2) is 5.80. The Morgan fingerprint density at radius 3 is 2.71 bits per heavy atom. The molecule has 0 saturated heterocycles. The van der Waals surface area contributed by atoms with Gasteiger partial charge in [-0.05, 0) is 37.6 Å². The molecule has 0 aliphatic rings. The SMILES string of the molecule is Cc1csc(CNCCc2ccc(N)cc2)n1. The lowest BCUT2D eigenvalue weighted by atomic mass is 10.1. The number of nitrogens with two attached hydrogens (primary N) is 1. The summed E-state index contributed by atoms with van der Waals surface area (Å²) in [5.41, 5.74) is 8.87. The van der Waals surface area contributed by atoms with E-state index in [1.54, 1.807) is 11.3 Å². The average Bonchev–Trinajstić information content (AvgIpc) is 2.73. The molecule has 0 aliphatic heterocycles. The molecular weight excluding hydrogens is 230 g/mol. The Morgan fingerprint density at radius 1 is 1.29 bits per heavy atom. The summed E-state index contributed by atoms with van der Waals surface area (Å²) in [6.07, 6.45) is 1.02. The molecule has 0 unspecified atom stereocenters. The first-order valence-corrected chi connectivity index (χ1v) is 6.58. The lowest BCUT2D eigenvalue weighted by Crippen LogP contribution is -2.16. The van der Waals surface area contributed by atoms with Crippen molar-refractivity contribution in [2.24, 2.45) is 0 Å². The minimum atomic E-state index is 0.819. The highest BCUT2D eigenvalue weighted by Gasteiger charge is 1.98. The maximum Gasteiger partial charge on any atom is 0.107 e. The van der Waals surface area contributed by atoms with Crippen LogP contribution in [0.15, 0.2) is 29.6 Å². The Bertz CT molecular complexity index is 462. The molecule has 1 heterocycles. The molecule has 2 rings (SSSR count). The van der Waals surface area contributed by atoms with Gasteiger partial charge < -0.3 is 11.1 Å². The van der Waals surface area contributed by atoms with E-state index in [9.17, 15) is 0 Å². The number of aromatic nitrogens is 1. The molecule has 4 heteroatoms. The zero-order valence-electron chi connectivity index (χ0n) is 9.94. The third-order valence-electron chi connectivity index (χ3n) is 2.51. The van der Waals surface area contributed by atoms with E-state index in [2.05, 4.69) is 27.8 Å². The van der Waals surface area contributed by atoms with E-state index < -0.39 is 0 Å². The van der Waals surface area contributed by atoms with E-state index in [0.717, 1.165) is 35.9 Å². The number of hydrogen-bond donors (Lipinski definition) is 2. The molecule has 0 radical (unpaired) electrons. The van der Waals surface area contributed by atoms with Crippen LogP contribution in [0.3, 0.4) is 0 Å². The summed E-state index contributed by atoms with van der Waals surface area (Å²) < 4.78 is 0. The fourth-order valence-electron chi connectivity index (χ4n) is 1.60. The molecule has 3 nitrogen and oxygen atoms in total. The Hall–Kier alpha value is -1.39. The van der Waals surface area contributed by atoms with Crippen molar-refractivity contribution >= 4 is 17.0 Å². The van der Waals surface area contributed by atoms with Gasteiger partial charge in [-0.2, -0.15) is 0 Å². The Kier molecular flexibility index (Phi) is 4.12. The first kappa shape index (κ1) is 12.1. The lowest BCUT2D eigenvalue weighted by Gasteiger charge is -2.03. The quantitative estimate of drug-likeness (QED) is 0.630. The summed E-state index contributed by atoms with van der Waals surface area (Å²) in [6.45, 7) is 3.84. The molecule has 0 saturated carbocycles. The second-order valence-electron chi connectivity index (χ2n) is 4.05. The molecular formula is C13H17N3S. The van der Waals surface area contributed by atoms with E-state index in [0.29, 0.717) is 0 Å². The molecule has 0 amide bonds. The number of nitrogens with zero attached hydrogens (tertiary/aromatic N) is 1. The zero-order valence-corrected chi connectivity index (χ0v) is 10.8. The Balaban J connectivity index is 1.71. The monoisotopic (exact) mass is 247 g/mol. The van der Waals surface area contributed by atoms with Crippen LogP contribution in [0, 0.1) is 6.92 Å². The van der Waals surface area contributed by atoms with E-state index in [1.165, 1.54) is 5.56 Å². The summed E-state index contributed by atoms with van der Waals surface area (Å²) in [4.78, 5) is 4.41. The first-order valence-electron chi connectivity index (χ1n) is 5.70. The molecule has 1 aromatic carbocycles. The minimum Gasteiger partial charge on any atom is -0.399 e. The molecule has 0 spiro atoms. The van der Waals surface area contributed by atoms with Crippen molar-refractivity contribution in [3.05, 3.63) is 45.9 Å². The highest BCUT2D eigenvalue weighted by molar-refractivity contribution is 7.09. The van der Waals surface area contributed by atoms with Crippen LogP contribution in [0.25, 0.3) is 0 Å². The lowest BCUT2D eigenvalue weighted by molar-refractivity contribution is 0.683. The van der Waals surface area contributed by atoms with E-state index in [-0.39, 0.29) is 0 Å². The number of nitrogen functional groups attached to an aromatic ring is 1. The van der Waals surface area contributed by atoms with Gasteiger partial charge in [-0.3, -0.25) is 0 Å². The number of thiazole rings is 1. The molecule has 90 valence electrons. The third-order valence-corrected chi connectivity index (χ3v) is 3.48. The number of rotatable bonds is 5. The molecule has 0 atom stereocenters. The maximum atomic E-state index is 5.64. The fraction of sp³-hybridized carbons (Fsp3) is 0.308. The van der Waals surface area contributed by atoms with Crippen molar-refractivity contribution in [3.63, 3.8) is 0 Å². The van der Waals surface area contributed by atoms with Gasteiger partial charge in [-0.1, -0.05) is 12.1 Å². The van der Waals surface area contributed by atoms with Crippen LogP contribution >= 0.6 is 11.3 Å². The van der Waals surface area contributed by atoms with Crippen LogP contribution in [0.1, 0.15) is 16.3 Å². The van der Waals surface area contributed by atoms with Crippen LogP contribution < -0.4 is 11.1 Å². The minimum absolute atomic E-state index is 0.819. The number of nitrogens with one attached hydrogen (secondary N) is 1. The van der Waals surface area contributed by atoms with Crippen LogP contribution in [0.2, 0.25) is 0 Å². The normalized spacial score (nSPS) is 10.6. The van der Waals surface area contributed by atoms with E-state index >= 15 is 0 Å². The summed E-state index contributed by atoms with van der Waals surface area (Å²) in [6, 6.07) is 8.04. The van der Waals surface area contributed by atoms with Crippen LogP contribution in [0.4, 0.5) is 5.69 Å². The van der Waals surface area contributed by atoms with Crippen LogP contribution in [-0.2, 0) is 13.0 Å². The second-order valence-corrected chi connectivity index (χ2v) is 4.99. The molecule has 2 aromatic rings. The number of anilines is 1. The zero-order chi connectivity index (χ0) is 12.1. The van der Waals surface area contributed by atoms with Crippen molar-refractivity contribution in [2.75, 3.05) is 12.3 Å². The first-order chi connectivity index (χ1) is 8.24. The van der Waals surface area contributed by atoms with Gasteiger partial charge in [0.15, 0.2) is 0 Å². The Morgan fingerprint density at radius 2 is 2.06 bits per heavy atom. The molecule has 0 aliphatic carbocycles. The van der Waals surface area contributed by atoms with Crippen LogP contribution in [0.5, 0.6) is 0 Å². The van der Waals surface area contributed by atoms with Gasteiger partial charge in [0.25, 0.3) is 0 Å². The average molecular weight is 247 g/mol. The molecule has 0 bridgehead atoms. The van der Waals surface area contributed by atoms with Crippen molar-refractivity contribution in [2.45, 2.75) is 19.9 Å². The van der Waals surface area contributed by atoms with Gasteiger partial charge in [0, 0.05) is 23.3 Å². The van der Waals surface area contributed by atoms with E-state index in [4.69, 9.17) is 5.73 Å². The van der Waals surface area contributed by atoms with Gasteiger partial charge in [-0.15, -0.1) is 11.3 Å². The summed E-state index contributed by atoms with van der Waals surface area (Å²) in [7, 11) is 0. The van der Waals surface area contributed by atoms with Gasteiger partial charge in [0.1, 0.15) is 5.01 Å².